The molecule has 0 spiro atoms. The molecule has 1 rings (SSSR count). The van der Waals surface area contributed by atoms with Gasteiger partial charge in [-0.1, -0.05) is 15.9 Å². The van der Waals surface area contributed by atoms with Crippen molar-refractivity contribution in [1.82, 2.24) is 4.37 Å². The minimum Gasteiger partial charge on any atom is -0.196 e. The predicted molar refractivity (Wildman–Crippen MR) is 44.2 cm³/mol. The Hall–Kier alpha value is -0.400. The van der Waals surface area contributed by atoms with E-state index in [1.165, 1.54) is 11.5 Å². The molecule has 0 aliphatic rings. The van der Waals surface area contributed by atoms with Gasteiger partial charge in [0.2, 0.25) is 0 Å². The van der Waals surface area contributed by atoms with Crippen molar-refractivity contribution in [2.24, 2.45) is 0 Å². The van der Waals surface area contributed by atoms with E-state index in [2.05, 4.69) is 26.4 Å². The Morgan fingerprint density at radius 2 is 2.50 bits per heavy atom. The first-order valence-electron chi connectivity index (χ1n) is 2.70. The quantitative estimate of drug-likeness (QED) is 0.676. The summed E-state index contributed by atoms with van der Waals surface area (Å²) in [6.07, 6.45) is 0. The number of nitriles is 1. The van der Waals surface area contributed by atoms with Crippen LogP contribution in [0.1, 0.15) is 16.1 Å². The van der Waals surface area contributed by atoms with Gasteiger partial charge in [0.15, 0.2) is 0 Å². The van der Waals surface area contributed by atoms with Crippen LogP contribution in [0.3, 0.4) is 0 Å². The maximum atomic E-state index is 8.56. The van der Waals surface area contributed by atoms with Crippen molar-refractivity contribution in [2.45, 2.75) is 12.3 Å². The zero-order valence-corrected chi connectivity index (χ0v) is 7.79. The standard InChI is InChI=1S/C6H5BrN2S/c1-4-5(2-7)6(3-8)10-9-4/h2H2,1H3. The fourth-order valence-electron chi connectivity index (χ4n) is 0.634. The van der Waals surface area contributed by atoms with Crippen molar-refractivity contribution in [1.29, 1.82) is 5.26 Å². The summed E-state index contributed by atoms with van der Waals surface area (Å²) in [6, 6.07) is 2.09. The number of aromatic nitrogens is 1. The van der Waals surface area contributed by atoms with Gasteiger partial charge in [-0.15, -0.1) is 0 Å². The number of hydrogen-bond donors (Lipinski definition) is 0. The molecule has 0 N–H and O–H groups in total. The average molecular weight is 217 g/mol. The van der Waals surface area contributed by atoms with Crippen molar-refractivity contribution in [3.63, 3.8) is 0 Å². The second-order valence-electron chi connectivity index (χ2n) is 1.82. The predicted octanol–water partition coefficient (Wildman–Crippen LogP) is 2.22. The molecule has 0 bridgehead atoms. The van der Waals surface area contributed by atoms with Crippen LogP contribution < -0.4 is 0 Å². The maximum Gasteiger partial charge on any atom is 0.129 e. The summed E-state index contributed by atoms with van der Waals surface area (Å²) in [4.78, 5) is 0.717. The lowest BCUT2D eigenvalue weighted by Gasteiger charge is -1.88. The molecule has 0 aliphatic carbocycles. The molecule has 0 unspecified atom stereocenters. The molecule has 0 radical (unpaired) electrons. The van der Waals surface area contributed by atoms with Crippen LogP contribution in [-0.4, -0.2) is 4.37 Å². The molecule has 0 amide bonds. The Kier molecular flexibility index (Phi) is 2.41. The van der Waals surface area contributed by atoms with E-state index in [-0.39, 0.29) is 0 Å². The second-order valence-corrected chi connectivity index (χ2v) is 3.16. The van der Waals surface area contributed by atoms with Gasteiger partial charge in [0.25, 0.3) is 0 Å². The molecule has 0 aliphatic heterocycles. The third-order valence-corrected chi connectivity index (χ3v) is 2.67. The van der Waals surface area contributed by atoms with Crippen molar-refractivity contribution < 1.29 is 0 Å². The number of nitrogens with zero attached hydrogens (tertiary/aromatic N) is 2. The van der Waals surface area contributed by atoms with Crippen LogP contribution in [0.4, 0.5) is 0 Å². The number of hydrogen-bond acceptors (Lipinski definition) is 3. The molecule has 0 fully saturated rings. The van der Waals surface area contributed by atoms with Gasteiger partial charge in [-0.25, -0.2) is 0 Å². The smallest absolute Gasteiger partial charge is 0.129 e. The van der Waals surface area contributed by atoms with Crippen LogP contribution in [0.2, 0.25) is 0 Å². The summed E-state index contributed by atoms with van der Waals surface area (Å²) >= 11 is 4.55. The van der Waals surface area contributed by atoms with Gasteiger partial charge < -0.3 is 0 Å². The highest BCUT2D eigenvalue weighted by Crippen LogP contribution is 2.19. The summed E-state index contributed by atoms with van der Waals surface area (Å²) in [5.74, 6) is 0. The third-order valence-electron chi connectivity index (χ3n) is 1.22. The summed E-state index contributed by atoms with van der Waals surface area (Å²) in [5, 5.41) is 9.28. The van der Waals surface area contributed by atoms with Crippen molar-refractivity contribution in [3.8, 4) is 6.07 Å². The summed E-state index contributed by atoms with van der Waals surface area (Å²) in [7, 11) is 0. The van der Waals surface area contributed by atoms with Crippen LogP contribution in [0.5, 0.6) is 0 Å². The topological polar surface area (TPSA) is 36.7 Å². The van der Waals surface area contributed by atoms with Gasteiger partial charge in [0.1, 0.15) is 10.9 Å². The minimum absolute atomic E-state index is 0.717. The van der Waals surface area contributed by atoms with Crippen molar-refractivity contribution >= 4 is 27.5 Å². The largest absolute Gasteiger partial charge is 0.196 e. The van der Waals surface area contributed by atoms with Crippen molar-refractivity contribution in [3.05, 3.63) is 16.1 Å². The van der Waals surface area contributed by atoms with E-state index in [1.54, 1.807) is 0 Å². The number of halogens is 1. The molecule has 1 aromatic heterocycles. The molecule has 2 nitrogen and oxygen atoms in total. The zero-order chi connectivity index (χ0) is 7.56. The molecular formula is C6H5BrN2S. The minimum atomic E-state index is 0.717. The highest BCUT2D eigenvalue weighted by molar-refractivity contribution is 9.08. The van der Waals surface area contributed by atoms with Crippen LogP contribution in [-0.2, 0) is 5.33 Å². The highest BCUT2D eigenvalue weighted by atomic mass is 79.9. The Morgan fingerprint density at radius 1 is 1.80 bits per heavy atom. The molecule has 4 heteroatoms. The molecule has 1 heterocycles. The monoisotopic (exact) mass is 216 g/mol. The van der Waals surface area contributed by atoms with E-state index in [0.29, 0.717) is 0 Å². The molecule has 0 saturated carbocycles. The molecule has 0 atom stereocenters. The van der Waals surface area contributed by atoms with Crippen LogP contribution >= 0.6 is 27.5 Å². The zero-order valence-electron chi connectivity index (χ0n) is 5.39. The molecule has 0 saturated heterocycles. The maximum absolute atomic E-state index is 8.56. The number of rotatable bonds is 1. The van der Waals surface area contributed by atoms with Gasteiger partial charge in [-0.3, -0.25) is 0 Å². The van der Waals surface area contributed by atoms with Gasteiger partial charge in [-0.05, 0) is 18.5 Å². The molecule has 0 aromatic carbocycles. The lowest BCUT2D eigenvalue weighted by molar-refractivity contribution is 1.25. The Balaban J connectivity index is 3.16. The normalized spacial score (nSPS) is 9.30. The number of aryl methyl sites for hydroxylation is 1. The molecule has 1 aromatic rings. The molecule has 52 valence electrons. The van der Waals surface area contributed by atoms with E-state index >= 15 is 0 Å². The Morgan fingerprint density at radius 3 is 2.90 bits per heavy atom. The first-order valence-corrected chi connectivity index (χ1v) is 4.60. The lowest BCUT2D eigenvalue weighted by Crippen LogP contribution is -1.80. The van der Waals surface area contributed by atoms with E-state index in [0.717, 1.165) is 21.5 Å². The van der Waals surface area contributed by atoms with Crippen LogP contribution in [0.25, 0.3) is 0 Å². The Bertz CT molecular complexity index is 274. The molecule has 10 heavy (non-hydrogen) atoms. The average Bonchev–Trinajstić information content (AvgIpc) is 2.30. The van der Waals surface area contributed by atoms with Gasteiger partial charge in [0, 0.05) is 10.9 Å². The lowest BCUT2D eigenvalue weighted by atomic mass is 10.2. The second kappa shape index (κ2) is 3.13. The fourth-order valence-corrected chi connectivity index (χ4v) is 2.21. The number of alkyl halides is 1. The summed E-state index contributed by atoms with van der Waals surface area (Å²) in [6.45, 7) is 1.91. The summed E-state index contributed by atoms with van der Waals surface area (Å²) < 4.78 is 4.05. The fraction of sp³-hybridized carbons (Fsp3) is 0.333. The van der Waals surface area contributed by atoms with Crippen LogP contribution in [0.15, 0.2) is 0 Å². The van der Waals surface area contributed by atoms with E-state index in [4.69, 9.17) is 5.26 Å². The Labute approximate surface area is 71.8 Å². The van der Waals surface area contributed by atoms with Crippen LogP contribution in [0, 0.1) is 18.3 Å². The van der Waals surface area contributed by atoms with Crippen molar-refractivity contribution in [2.75, 3.05) is 0 Å². The van der Waals surface area contributed by atoms with Gasteiger partial charge in [0.05, 0.1) is 5.69 Å². The SMILES string of the molecule is Cc1nsc(C#N)c1CBr. The highest BCUT2D eigenvalue weighted by Gasteiger charge is 2.06. The summed E-state index contributed by atoms with van der Waals surface area (Å²) in [5.41, 5.74) is 1.98. The first-order chi connectivity index (χ1) is 4.79. The van der Waals surface area contributed by atoms with Gasteiger partial charge in [-0.2, -0.15) is 9.64 Å². The van der Waals surface area contributed by atoms with Gasteiger partial charge >= 0.3 is 0 Å². The first kappa shape index (κ1) is 7.70. The van der Waals surface area contributed by atoms with E-state index in [9.17, 15) is 0 Å². The van der Waals surface area contributed by atoms with E-state index in [1.807, 2.05) is 6.92 Å². The molecular weight excluding hydrogens is 212 g/mol. The third kappa shape index (κ3) is 1.20. The van der Waals surface area contributed by atoms with E-state index < -0.39 is 0 Å².